The molecule has 0 bridgehead atoms. The van der Waals surface area contributed by atoms with E-state index in [0.717, 1.165) is 29.3 Å². The second-order valence-corrected chi connectivity index (χ2v) is 7.04. The van der Waals surface area contributed by atoms with Crippen LogP contribution in [-0.4, -0.2) is 54.5 Å². The number of alkyl halides is 3. The zero-order chi connectivity index (χ0) is 22.1. The summed E-state index contributed by atoms with van der Waals surface area (Å²) in [6.07, 6.45) is -1.16. The van der Waals surface area contributed by atoms with Crippen molar-refractivity contribution in [1.82, 2.24) is 14.8 Å². The van der Waals surface area contributed by atoms with Crippen LogP contribution < -0.4 is 10.1 Å². The van der Waals surface area contributed by atoms with Crippen molar-refractivity contribution in [2.45, 2.75) is 19.1 Å². The van der Waals surface area contributed by atoms with Gasteiger partial charge in [-0.05, 0) is 35.7 Å². The highest BCUT2D eigenvalue weighted by molar-refractivity contribution is 6.06. The number of halogens is 3. The minimum absolute atomic E-state index is 0.0878. The number of methoxy groups -OCH3 is 1. The van der Waals surface area contributed by atoms with Crippen molar-refractivity contribution in [3.8, 4) is 5.75 Å². The number of nitrogens with zero attached hydrogens (tertiary/aromatic N) is 3. The molecule has 1 aliphatic heterocycles. The van der Waals surface area contributed by atoms with Gasteiger partial charge in [0.25, 0.3) is 5.91 Å². The molecule has 3 rings (SSSR count). The fraction of sp³-hybridized carbons (Fsp3) is 0.350. The second kappa shape index (κ2) is 8.21. The van der Waals surface area contributed by atoms with Crippen LogP contribution in [0.5, 0.6) is 5.75 Å². The van der Waals surface area contributed by atoms with E-state index in [1.807, 2.05) is 0 Å². The van der Waals surface area contributed by atoms with Gasteiger partial charge in [0.2, 0.25) is 0 Å². The number of hydrogen-bond donors (Lipinski definition) is 1. The van der Waals surface area contributed by atoms with Gasteiger partial charge in [0.05, 0.1) is 23.9 Å². The topological polar surface area (TPSA) is 74.8 Å². The fourth-order valence-corrected chi connectivity index (χ4v) is 3.31. The maximum absolute atomic E-state index is 13.0. The molecular formula is C20H21F3N4O3. The Hall–Kier alpha value is -3.30. The molecule has 3 amide bonds. The number of carbonyl (C=O) groups is 2. The Morgan fingerprint density at radius 2 is 1.97 bits per heavy atom. The van der Waals surface area contributed by atoms with Crippen molar-refractivity contribution in [3.63, 3.8) is 0 Å². The average molecular weight is 422 g/mol. The molecule has 160 valence electrons. The molecule has 0 aliphatic carbocycles. The largest absolute Gasteiger partial charge is 0.495 e. The first-order valence-corrected chi connectivity index (χ1v) is 9.10. The van der Waals surface area contributed by atoms with Crippen LogP contribution in [-0.2, 0) is 19.1 Å². The van der Waals surface area contributed by atoms with Gasteiger partial charge in [-0.3, -0.25) is 9.78 Å². The standard InChI is InChI=1S/C20H21F3N4O3/c1-26(2)19(29)27-7-6-14-12(11-27)9-24-10-15(14)18(28)25-16-8-13(20(21,22)23)4-5-17(16)30-3/h4-5,8-10H,6-7,11H2,1-3H3,(H,25,28). The zero-order valence-electron chi connectivity index (χ0n) is 16.7. The molecule has 0 saturated heterocycles. The molecule has 1 aromatic heterocycles. The molecule has 30 heavy (non-hydrogen) atoms. The van der Waals surface area contributed by atoms with Crippen LogP contribution in [0.2, 0.25) is 0 Å². The SMILES string of the molecule is COc1ccc(C(F)(F)F)cc1NC(=O)c1cncc2c1CCN(C(=O)N(C)C)C2. The van der Waals surface area contributed by atoms with Crippen LogP contribution >= 0.6 is 0 Å². The van der Waals surface area contributed by atoms with Gasteiger partial charge >= 0.3 is 12.2 Å². The molecule has 0 radical (unpaired) electrons. The first-order chi connectivity index (χ1) is 14.1. The third-order valence-corrected chi connectivity index (χ3v) is 4.81. The third-order valence-electron chi connectivity index (χ3n) is 4.81. The number of fused-ring (bicyclic) bond motifs is 1. The number of pyridine rings is 1. The number of benzene rings is 1. The number of anilines is 1. The normalized spacial score (nSPS) is 13.5. The minimum Gasteiger partial charge on any atom is -0.495 e. The Kier molecular flexibility index (Phi) is 5.86. The molecule has 1 aliphatic rings. The van der Waals surface area contributed by atoms with E-state index in [2.05, 4.69) is 10.3 Å². The van der Waals surface area contributed by atoms with Gasteiger partial charge < -0.3 is 19.9 Å². The van der Waals surface area contributed by atoms with Crippen molar-refractivity contribution in [3.05, 3.63) is 52.8 Å². The average Bonchev–Trinajstić information content (AvgIpc) is 2.71. The number of rotatable bonds is 3. The summed E-state index contributed by atoms with van der Waals surface area (Å²) in [5.41, 5.74) is 0.708. The predicted octanol–water partition coefficient (Wildman–Crippen LogP) is 3.40. The number of hydrogen-bond acceptors (Lipinski definition) is 4. The van der Waals surface area contributed by atoms with Crippen molar-refractivity contribution >= 4 is 17.6 Å². The molecule has 0 fully saturated rings. The number of ether oxygens (including phenoxy) is 1. The molecule has 2 heterocycles. The lowest BCUT2D eigenvalue weighted by molar-refractivity contribution is -0.137. The predicted molar refractivity (Wildman–Crippen MR) is 103 cm³/mol. The van der Waals surface area contributed by atoms with Gasteiger partial charge in [0.1, 0.15) is 5.75 Å². The number of nitrogens with one attached hydrogen (secondary N) is 1. The summed E-state index contributed by atoms with van der Waals surface area (Å²) < 4.78 is 44.2. The van der Waals surface area contributed by atoms with Gasteiger partial charge in [0.15, 0.2) is 0 Å². The van der Waals surface area contributed by atoms with E-state index in [0.29, 0.717) is 19.5 Å². The highest BCUT2D eigenvalue weighted by Gasteiger charge is 2.32. The van der Waals surface area contributed by atoms with Gasteiger partial charge in [-0.1, -0.05) is 0 Å². The second-order valence-electron chi connectivity index (χ2n) is 7.04. The van der Waals surface area contributed by atoms with E-state index >= 15 is 0 Å². The summed E-state index contributed by atoms with van der Waals surface area (Å²) in [4.78, 5) is 32.2. The quantitative estimate of drug-likeness (QED) is 0.823. The van der Waals surface area contributed by atoms with E-state index in [1.165, 1.54) is 18.2 Å². The summed E-state index contributed by atoms with van der Waals surface area (Å²) in [5.74, 6) is -0.485. The lowest BCUT2D eigenvalue weighted by Gasteiger charge is -2.31. The number of urea groups is 1. The molecule has 0 unspecified atom stereocenters. The minimum atomic E-state index is -4.55. The fourth-order valence-electron chi connectivity index (χ4n) is 3.31. The van der Waals surface area contributed by atoms with Gasteiger partial charge in [-0.2, -0.15) is 13.2 Å². The van der Waals surface area contributed by atoms with Crippen LogP contribution in [0.3, 0.4) is 0 Å². The first kappa shape index (κ1) is 21.4. The summed E-state index contributed by atoms with van der Waals surface area (Å²) in [5, 5.41) is 2.50. The molecule has 0 atom stereocenters. The van der Waals surface area contributed by atoms with Crippen LogP contribution in [0.4, 0.5) is 23.7 Å². The Morgan fingerprint density at radius 1 is 1.23 bits per heavy atom. The van der Waals surface area contributed by atoms with E-state index < -0.39 is 17.6 Å². The van der Waals surface area contributed by atoms with Crippen LogP contribution in [0, 0.1) is 0 Å². The Bertz CT molecular complexity index is 976. The Balaban J connectivity index is 1.88. The first-order valence-electron chi connectivity index (χ1n) is 9.10. The number of aromatic nitrogens is 1. The highest BCUT2D eigenvalue weighted by Crippen LogP contribution is 2.35. The maximum atomic E-state index is 13.0. The molecule has 1 aromatic carbocycles. The summed E-state index contributed by atoms with van der Waals surface area (Å²) >= 11 is 0. The molecule has 7 nitrogen and oxygen atoms in total. The smallest absolute Gasteiger partial charge is 0.416 e. The maximum Gasteiger partial charge on any atom is 0.416 e. The van der Waals surface area contributed by atoms with Crippen LogP contribution in [0.1, 0.15) is 27.0 Å². The molecule has 0 spiro atoms. The Morgan fingerprint density at radius 3 is 2.60 bits per heavy atom. The van der Waals surface area contributed by atoms with Gasteiger partial charge in [0, 0.05) is 39.6 Å². The van der Waals surface area contributed by atoms with E-state index in [4.69, 9.17) is 4.74 Å². The summed E-state index contributed by atoms with van der Waals surface area (Å²) in [6, 6.07) is 2.72. The Labute approximate surface area is 171 Å². The van der Waals surface area contributed by atoms with Crippen molar-refractivity contribution in [1.29, 1.82) is 0 Å². The third kappa shape index (κ3) is 4.32. The highest BCUT2D eigenvalue weighted by atomic mass is 19.4. The molecular weight excluding hydrogens is 401 g/mol. The van der Waals surface area contributed by atoms with E-state index in [-0.39, 0.29) is 23.0 Å². The van der Waals surface area contributed by atoms with Crippen LogP contribution in [0.25, 0.3) is 0 Å². The summed E-state index contributed by atoms with van der Waals surface area (Å²) in [7, 11) is 4.62. The van der Waals surface area contributed by atoms with Crippen molar-refractivity contribution < 1.29 is 27.5 Å². The van der Waals surface area contributed by atoms with Crippen LogP contribution in [0.15, 0.2) is 30.6 Å². The van der Waals surface area contributed by atoms with E-state index in [9.17, 15) is 22.8 Å². The lowest BCUT2D eigenvalue weighted by atomic mass is 9.96. The monoisotopic (exact) mass is 422 g/mol. The lowest BCUT2D eigenvalue weighted by Crippen LogP contribution is -2.42. The van der Waals surface area contributed by atoms with Crippen molar-refractivity contribution in [2.75, 3.05) is 33.1 Å². The number of carbonyl (C=O) groups excluding carboxylic acids is 2. The molecule has 2 aromatic rings. The summed E-state index contributed by atoms with van der Waals surface area (Å²) in [6.45, 7) is 0.717. The molecule has 0 saturated carbocycles. The van der Waals surface area contributed by atoms with Crippen molar-refractivity contribution in [2.24, 2.45) is 0 Å². The van der Waals surface area contributed by atoms with Gasteiger partial charge in [-0.25, -0.2) is 4.79 Å². The number of amides is 3. The zero-order valence-corrected chi connectivity index (χ0v) is 16.7. The molecule has 1 N–H and O–H groups in total. The van der Waals surface area contributed by atoms with Gasteiger partial charge in [-0.15, -0.1) is 0 Å². The van der Waals surface area contributed by atoms with E-state index in [1.54, 1.807) is 25.2 Å². The molecule has 10 heteroatoms.